The fraction of sp³-hybridized carbons (Fsp3) is 0.550. The number of rotatable bonds is 4. The molecular formula is C20H27N3O5S. The lowest BCUT2D eigenvalue weighted by atomic mass is 9.92. The second-order valence-electron chi connectivity index (χ2n) is 8.19. The minimum atomic E-state index is -3.72. The monoisotopic (exact) mass is 421 g/mol. The standard InChI is InChI=1S/C20H27N3O5S/c1-13-9-14(2)12-23(11-13)18(24)7-8-29(27,28)15-5-6-16-17(10-15)22(4)20(26)19(25)21(16)3/h5-6,10,13-14H,7-9,11-12H2,1-4H3/t13-,14-/m1/s1. The smallest absolute Gasteiger partial charge is 0.316 e. The van der Waals surface area contributed by atoms with E-state index in [1.807, 2.05) is 0 Å². The highest BCUT2D eigenvalue weighted by Crippen LogP contribution is 2.22. The summed E-state index contributed by atoms with van der Waals surface area (Å²) in [5.74, 6) is 0.374. The highest BCUT2D eigenvalue weighted by molar-refractivity contribution is 7.91. The van der Waals surface area contributed by atoms with E-state index in [0.29, 0.717) is 36.0 Å². The maximum absolute atomic E-state index is 12.8. The molecule has 0 aliphatic carbocycles. The number of amides is 1. The Bertz CT molecular complexity index is 1170. The van der Waals surface area contributed by atoms with Crippen molar-refractivity contribution in [3.63, 3.8) is 0 Å². The topological polar surface area (TPSA) is 98.5 Å². The van der Waals surface area contributed by atoms with Gasteiger partial charge in [-0.3, -0.25) is 14.4 Å². The van der Waals surface area contributed by atoms with Gasteiger partial charge in [-0.1, -0.05) is 13.8 Å². The lowest BCUT2D eigenvalue weighted by molar-refractivity contribution is -0.133. The molecule has 0 unspecified atom stereocenters. The number of nitrogens with zero attached hydrogens (tertiary/aromatic N) is 3. The molecule has 1 aromatic heterocycles. The van der Waals surface area contributed by atoms with Gasteiger partial charge in [0.15, 0.2) is 9.84 Å². The normalized spacial score (nSPS) is 20.2. The number of likely N-dealkylation sites (tertiary alicyclic amines) is 1. The molecule has 2 aromatic rings. The first-order chi connectivity index (χ1) is 13.5. The second-order valence-corrected chi connectivity index (χ2v) is 10.3. The lowest BCUT2D eigenvalue weighted by Crippen LogP contribution is -2.43. The fourth-order valence-corrected chi connectivity index (χ4v) is 5.36. The Kier molecular flexibility index (Phi) is 5.71. The van der Waals surface area contributed by atoms with E-state index in [9.17, 15) is 22.8 Å². The molecule has 1 aliphatic rings. The van der Waals surface area contributed by atoms with E-state index in [2.05, 4.69) is 13.8 Å². The van der Waals surface area contributed by atoms with Gasteiger partial charge in [-0.05, 0) is 36.5 Å². The van der Waals surface area contributed by atoms with Crippen LogP contribution in [0.5, 0.6) is 0 Å². The number of aromatic nitrogens is 2. The number of fused-ring (bicyclic) bond motifs is 1. The number of hydrogen-bond acceptors (Lipinski definition) is 5. The SMILES string of the molecule is C[C@@H]1C[C@@H](C)CN(C(=O)CCS(=O)(=O)c2ccc3c(c2)n(C)c(=O)c(=O)n3C)C1. The molecule has 0 saturated carbocycles. The summed E-state index contributed by atoms with van der Waals surface area (Å²) in [4.78, 5) is 38.3. The average molecular weight is 422 g/mol. The summed E-state index contributed by atoms with van der Waals surface area (Å²) in [6.45, 7) is 5.52. The van der Waals surface area contributed by atoms with E-state index < -0.39 is 21.0 Å². The molecule has 158 valence electrons. The zero-order valence-electron chi connectivity index (χ0n) is 17.2. The number of carbonyl (C=O) groups is 1. The Balaban J connectivity index is 1.84. The van der Waals surface area contributed by atoms with Gasteiger partial charge in [-0.25, -0.2) is 8.42 Å². The first-order valence-corrected chi connectivity index (χ1v) is 11.4. The van der Waals surface area contributed by atoms with Crippen LogP contribution in [0.2, 0.25) is 0 Å². The Labute approximate surface area is 169 Å². The first kappa shape index (κ1) is 21.3. The Morgan fingerprint density at radius 1 is 1.00 bits per heavy atom. The van der Waals surface area contributed by atoms with Crippen molar-refractivity contribution < 1.29 is 13.2 Å². The average Bonchev–Trinajstić information content (AvgIpc) is 2.67. The molecule has 0 N–H and O–H groups in total. The molecule has 0 radical (unpaired) electrons. The minimum absolute atomic E-state index is 0.0341. The first-order valence-electron chi connectivity index (χ1n) is 9.71. The summed E-state index contributed by atoms with van der Waals surface area (Å²) in [6, 6.07) is 4.32. The summed E-state index contributed by atoms with van der Waals surface area (Å²) >= 11 is 0. The molecule has 3 rings (SSSR count). The van der Waals surface area contributed by atoms with Gasteiger partial charge in [0.1, 0.15) is 0 Å². The van der Waals surface area contributed by atoms with E-state index in [1.54, 1.807) is 4.90 Å². The second kappa shape index (κ2) is 7.78. The van der Waals surface area contributed by atoms with Gasteiger partial charge in [-0.2, -0.15) is 0 Å². The van der Waals surface area contributed by atoms with Gasteiger partial charge in [0.25, 0.3) is 0 Å². The number of carbonyl (C=O) groups excluding carboxylic acids is 1. The van der Waals surface area contributed by atoms with Crippen molar-refractivity contribution in [2.24, 2.45) is 25.9 Å². The van der Waals surface area contributed by atoms with Crippen LogP contribution in [-0.2, 0) is 28.7 Å². The van der Waals surface area contributed by atoms with Gasteiger partial charge < -0.3 is 14.0 Å². The fourth-order valence-electron chi connectivity index (χ4n) is 4.12. The third kappa shape index (κ3) is 4.14. The minimum Gasteiger partial charge on any atom is -0.342 e. The van der Waals surface area contributed by atoms with Crippen LogP contribution in [0.4, 0.5) is 0 Å². The van der Waals surface area contributed by atoms with Crippen LogP contribution in [0.25, 0.3) is 11.0 Å². The third-order valence-electron chi connectivity index (χ3n) is 5.63. The molecule has 29 heavy (non-hydrogen) atoms. The van der Waals surface area contributed by atoms with Crippen LogP contribution >= 0.6 is 0 Å². The van der Waals surface area contributed by atoms with Crippen LogP contribution in [-0.4, -0.2) is 47.2 Å². The third-order valence-corrected chi connectivity index (χ3v) is 7.34. The summed E-state index contributed by atoms with van der Waals surface area (Å²) < 4.78 is 28.0. The van der Waals surface area contributed by atoms with Gasteiger partial charge in [0.2, 0.25) is 5.91 Å². The maximum Gasteiger partial charge on any atom is 0.316 e. The van der Waals surface area contributed by atoms with Gasteiger partial charge in [-0.15, -0.1) is 0 Å². The van der Waals surface area contributed by atoms with E-state index in [1.165, 1.54) is 36.9 Å². The molecule has 9 heteroatoms. The molecule has 1 amide bonds. The highest BCUT2D eigenvalue weighted by Gasteiger charge is 2.27. The van der Waals surface area contributed by atoms with Crippen molar-refractivity contribution in [2.75, 3.05) is 18.8 Å². The zero-order chi connectivity index (χ0) is 21.5. The van der Waals surface area contributed by atoms with Crippen molar-refractivity contribution in [1.82, 2.24) is 14.0 Å². The lowest BCUT2D eigenvalue weighted by Gasteiger charge is -2.35. The van der Waals surface area contributed by atoms with Crippen LogP contribution in [0, 0.1) is 11.8 Å². The van der Waals surface area contributed by atoms with Crippen molar-refractivity contribution in [2.45, 2.75) is 31.6 Å². The number of benzene rings is 1. The van der Waals surface area contributed by atoms with Crippen molar-refractivity contribution in [3.8, 4) is 0 Å². The van der Waals surface area contributed by atoms with E-state index in [4.69, 9.17) is 0 Å². The van der Waals surface area contributed by atoms with E-state index in [-0.39, 0.29) is 23.0 Å². The molecule has 1 aromatic carbocycles. The predicted octanol–water partition coefficient (Wildman–Crippen LogP) is 0.906. The highest BCUT2D eigenvalue weighted by atomic mass is 32.2. The molecule has 0 spiro atoms. The zero-order valence-corrected chi connectivity index (χ0v) is 18.0. The van der Waals surface area contributed by atoms with Crippen molar-refractivity contribution in [3.05, 3.63) is 38.9 Å². The molecule has 1 aliphatic heterocycles. The number of hydrogen-bond donors (Lipinski definition) is 0. The van der Waals surface area contributed by atoms with Gasteiger partial charge >= 0.3 is 11.1 Å². The van der Waals surface area contributed by atoms with Gasteiger partial charge in [0, 0.05) is 33.6 Å². The summed E-state index contributed by atoms with van der Waals surface area (Å²) in [5, 5.41) is 0. The van der Waals surface area contributed by atoms with Crippen LogP contribution in [0.3, 0.4) is 0 Å². The van der Waals surface area contributed by atoms with E-state index >= 15 is 0 Å². The van der Waals surface area contributed by atoms with E-state index in [0.717, 1.165) is 11.0 Å². The Morgan fingerprint density at radius 2 is 1.55 bits per heavy atom. The van der Waals surface area contributed by atoms with Gasteiger partial charge in [0.05, 0.1) is 21.7 Å². The predicted molar refractivity (Wildman–Crippen MR) is 111 cm³/mol. The molecule has 1 fully saturated rings. The molecule has 8 nitrogen and oxygen atoms in total. The van der Waals surface area contributed by atoms with Crippen LogP contribution in [0.15, 0.2) is 32.7 Å². The van der Waals surface area contributed by atoms with Crippen LogP contribution in [0.1, 0.15) is 26.7 Å². The van der Waals surface area contributed by atoms with Crippen molar-refractivity contribution >= 4 is 26.8 Å². The Morgan fingerprint density at radius 3 is 2.14 bits per heavy atom. The summed E-state index contributed by atoms with van der Waals surface area (Å²) in [5.41, 5.74) is -0.587. The summed E-state index contributed by atoms with van der Waals surface area (Å²) in [7, 11) is -0.808. The molecule has 2 atom stereocenters. The van der Waals surface area contributed by atoms with Crippen LogP contribution < -0.4 is 11.1 Å². The number of sulfone groups is 1. The quantitative estimate of drug-likeness (QED) is 0.684. The molecule has 0 bridgehead atoms. The Hall–Kier alpha value is -2.42. The summed E-state index contributed by atoms with van der Waals surface area (Å²) in [6.07, 6.45) is 0.992. The molecule has 1 saturated heterocycles. The van der Waals surface area contributed by atoms with Crippen molar-refractivity contribution in [1.29, 1.82) is 0 Å². The molecule has 2 heterocycles. The largest absolute Gasteiger partial charge is 0.342 e. The number of piperidine rings is 1. The molecular weight excluding hydrogens is 394 g/mol. The number of aryl methyl sites for hydroxylation is 2. The maximum atomic E-state index is 12.8.